The summed E-state index contributed by atoms with van der Waals surface area (Å²) in [6, 6.07) is 23.9. The summed E-state index contributed by atoms with van der Waals surface area (Å²) in [6.45, 7) is 0. The number of para-hydroxylation sites is 1. The SMILES string of the molecule is CN(c1ccc2c(c1)nc(Nc1ccccc1)n2C)c1ccnc(Nc2cccc(S(N)(=O)=O)c2)n1. The van der Waals surface area contributed by atoms with Crippen molar-refractivity contribution in [1.29, 1.82) is 0 Å². The predicted octanol–water partition coefficient (Wildman–Crippen LogP) is 4.27. The standard InChI is InChI=1S/C25H24N8O2S/c1-32(23-13-14-27-24(31-23)28-18-9-6-10-20(15-18)36(26,34)35)19-11-12-22-21(16-19)30-25(33(22)2)29-17-7-4-3-5-8-17/h3-16H,1-2H3,(H,29,30)(H2,26,34,35)(H,27,28,31). The van der Waals surface area contributed by atoms with Gasteiger partial charge in [-0.25, -0.2) is 23.5 Å². The molecule has 0 radical (unpaired) electrons. The molecule has 0 saturated carbocycles. The molecule has 0 aliphatic rings. The van der Waals surface area contributed by atoms with Crippen LogP contribution in [0.3, 0.4) is 0 Å². The topological polar surface area (TPSA) is 131 Å². The van der Waals surface area contributed by atoms with Crippen LogP contribution < -0.4 is 20.7 Å². The highest BCUT2D eigenvalue weighted by Crippen LogP contribution is 2.29. The summed E-state index contributed by atoms with van der Waals surface area (Å²) in [5.41, 5.74) is 4.20. The Kier molecular flexibility index (Phi) is 6.00. The maximum Gasteiger partial charge on any atom is 0.238 e. The molecule has 10 nitrogen and oxygen atoms in total. The molecule has 5 rings (SSSR count). The summed E-state index contributed by atoms with van der Waals surface area (Å²) in [6.07, 6.45) is 1.63. The van der Waals surface area contributed by atoms with Crippen LogP contribution in [0.2, 0.25) is 0 Å². The Bertz CT molecular complexity index is 1650. The van der Waals surface area contributed by atoms with Gasteiger partial charge in [-0.2, -0.15) is 4.98 Å². The predicted molar refractivity (Wildman–Crippen MR) is 142 cm³/mol. The van der Waals surface area contributed by atoms with Crippen molar-refractivity contribution >= 4 is 55.8 Å². The van der Waals surface area contributed by atoms with Gasteiger partial charge in [0, 0.05) is 37.4 Å². The molecule has 0 saturated heterocycles. The van der Waals surface area contributed by atoms with Gasteiger partial charge in [-0.3, -0.25) is 0 Å². The molecule has 0 unspecified atom stereocenters. The molecule has 11 heteroatoms. The zero-order valence-corrected chi connectivity index (χ0v) is 20.4. The van der Waals surface area contributed by atoms with Gasteiger partial charge in [-0.05, 0) is 54.6 Å². The number of aryl methyl sites for hydroxylation is 1. The van der Waals surface area contributed by atoms with Crippen LogP contribution in [0.25, 0.3) is 11.0 Å². The summed E-state index contributed by atoms with van der Waals surface area (Å²) < 4.78 is 25.3. The van der Waals surface area contributed by atoms with E-state index in [-0.39, 0.29) is 4.90 Å². The number of hydrogen-bond acceptors (Lipinski definition) is 8. The normalized spacial score (nSPS) is 11.4. The third-order valence-corrected chi connectivity index (χ3v) is 6.60. The Morgan fingerprint density at radius 1 is 0.889 bits per heavy atom. The summed E-state index contributed by atoms with van der Waals surface area (Å²) >= 11 is 0. The largest absolute Gasteiger partial charge is 0.329 e. The van der Waals surface area contributed by atoms with Crippen LogP contribution in [0.15, 0.2) is 90.0 Å². The number of primary sulfonamides is 1. The number of anilines is 6. The second-order valence-corrected chi connectivity index (χ2v) is 9.72. The molecule has 5 aromatic rings. The molecular formula is C25H24N8O2S. The molecule has 4 N–H and O–H groups in total. The Balaban J connectivity index is 1.39. The number of sulfonamides is 1. The van der Waals surface area contributed by atoms with Crippen molar-refractivity contribution in [2.75, 3.05) is 22.6 Å². The number of nitrogens with two attached hydrogens (primary N) is 1. The Morgan fingerprint density at radius 2 is 1.67 bits per heavy atom. The first-order valence-corrected chi connectivity index (χ1v) is 12.6. The van der Waals surface area contributed by atoms with E-state index in [4.69, 9.17) is 10.1 Å². The van der Waals surface area contributed by atoms with E-state index in [0.717, 1.165) is 28.4 Å². The highest BCUT2D eigenvalue weighted by Gasteiger charge is 2.13. The van der Waals surface area contributed by atoms with E-state index >= 15 is 0 Å². The third kappa shape index (κ3) is 4.83. The molecule has 0 amide bonds. The highest BCUT2D eigenvalue weighted by molar-refractivity contribution is 7.89. The number of hydrogen-bond donors (Lipinski definition) is 3. The smallest absolute Gasteiger partial charge is 0.238 e. The van der Waals surface area contributed by atoms with Crippen LogP contribution in [0.4, 0.5) is 34.8 Å². The van der Waals surface area contributed by atoms with Crippen LogP contribution in [0.5, 0.6) is 0 Å². The van der Waals surface area contributed by atoms with Crippen molar-refractivity contribution in [3.05, 3.63) is 85.1 Å². The molecule has 0 aliphatic heterocycles. The van der Waals surface area contributed by atoms with E-state index in [9.17, 15) is 8.42 Å². The van der Waals surface area contributed by atoms with Crippen molar-refractivity contribution in [2.24, 2.45) is 12.2 Å². The molecule has 0 bridgehead atoms. The van der Waals surface area contributed by atoms with Crippen LogP contribution in [-0.2, 0) is 17.1 Å². The minimum Gasteiger partial charge on any atom is -0.329 e. The van der Waals surface area contributed by atoms with E-state index < -0.39 is 10.0 Å². The molecule has 0 fully saturated rings. The van der Waals surface area contributed by atoms with Gasteiger partial charge < -0.3 is 20.1 Å². The first-order valence-electron chi connectivity index (χ1n) is 11.0. The first kappa shape index (κ1) is 23.3. The lowest BCUT2D eigenvalue weighted by molar-refractivity contribution is 0.598. The fraction of sp³-hybridized carbons (Fsp3) is 0.0800. The lowest BCUT2D eigenvalue weighted by atomic mass is 10.2. The van der Waals surface area contributed by atoms with Gasteiger partial charge in [-0.1, -0.05) is 24.3 Å². The van der Waals surface area contributed by atoms with Gasteiger partial charge in [-0.15, -0.1) is 0 Å². The minimum atomic E-state index is -3.81. The highest BCUT2D eigenvalue weighted by atomic mass is 32.2. The maximum atomic E-state index is 11.6. The Labute approximate surface area is 208 Å². The number of benzene rings is 3. The van der Waals surface area contributed by atoms with Gasteiger partial charge in [0.25, 0.3) is 0 Å². The average Bonchev–Trinajstić information content (AvgIpc) is 3.18. The fourth-order valence-electron chi connectivity index (χ4n) is 3.77. The Hall–Kier alpha value is -4.48. The zero-order chi connectivity index (χ0) is 25.3. The zero-order valence-electron chi connectivity index (χ0n) is 19.6. The number of rotatable bonds is 7. The van der Waals surface area contributed by atoms with Crippen molar-refractivity contribution in [1.82, 2.24) is 19.5 Å². The van der Waals surface area contributed by atoms with E-state index in [1.807, 2.05) is 72.1 Å². The number of fused-ring (bicyclic) bond motifs is 1. The Morgan fingerprint density at radius 3 is 2.44 bits per heavy atom. The molecule has 36 heavy (non-hydrogen) atoms. The van der Waals surface area contributed by atoms with Gasteiger partial charge >= 0.3 is 0 Å². The lowest BCUT2D eigenvalue weighted by Crippen LogP contribution is -2.13. The first-order chi connectivity index (χ1) is 17.3. The number of nitrogens with one attached hydrogen (secondary N) is 2. The third-order valence-electron chi connectivity index (χ3n) is 5.68. The number of imidazole rings is 1. The molecule has 2 aromatic heterocycles. The van der Waals surface area contributed by atoms with Crippen LogP contribution in [0.1, 0.15) is 0 Å². The monoisotopic (exact) mass is 500 g/mol. The number of nitrogens with zero attached hydrogens (tertiary/aromatic N) is 5. The van der Waals surface area contributed by atoms with E-state index in [0.29, 0.717) is 17.5 Å². The minimum absolute atomic E-state index is 0.00515. The molecule has 0 atom stereocenters. The second-order valence-electron chi connectivity index (χ2n) is 8.15. The van der Waals surface area contributed by atoms with Gasteiger partial charge in [0.2, 0.25) is 21.9 Å². The maximum absolute atomic E-state index is 11.6. The molecule has 3 aromatic carbocycles. The molecule has 0 spiro atoms. The van der Waals surface area contributed by atoms with E-state index in [1.54, 1.807) is 24.4 Å². The van der Waals surface area contributed by atoms with Crippen molar-refractivity contribution in [3.8, 4) is 0 Å². The van der Waals surface area contributed by atoms with Crippen LogP contribution in [0, 0.1) is 0 Å². The lowest BCUT2D eigenvalue weighted by Gasteiger charge is -2.19. The van der Waals surface area contributed by atoms with Crippen molar-refractivity contribution < 1.29 is 8.42 Å². The van der Waals surface area contributed by atoms with Crippen LogP contribution in [-0.4, -0.2) is 35.0 Å². The summed E-state index contributed by atoms with van der Waals surface area (Å²) in [5, 5.41) is 11.6. The van der Waals surface area contributed by atoms with Crippen molar-refractivity contribution in [3.63, 3.8) is 0 Å². The van der Waals surface area contributed by atoms with Crippen LogP contribution >= 0.6 is 0 Å². The molecule has 0 aliphatic carbocycles. The van der Waals surface area contributed by atoms with Gasteiger partial charge in [0.05, 0.1) is 15.9 Å². The molecule has 182 valence electrons. The summed E-state index contributed by atoms with van der Waals surface area (Å²) in [7, 11) is 0.0596. The quantitative estimate of drug-likeness (QED) is 0.302. The van der Waals surface area contributed by atoms with E-state index in [1.165, 1.54) is 12.1 Å². The molecular weight excluding hydrogens is 476 g/mol. The average molecular weight is 501 g/mol. The van der Waals surface area contributed by atoms with Crippen molar-refractivity contribution in [2.45, 2.75) is 4.90 Å². The summed E-state index contributed by atoms with van der Waals surface area (Å²) in [4.78, 5) is 15.5. The van der Waals surface area contributed by atoms with Gasteiger partial charge in [0.1, 0.15) is 5.82 Å². The fourth-order valence-corrected chi connectivity index (χ4v) is 4.33. The van der Waals surface area contributed by atoms with E-state index in [2.05, 4.69) is 20.6 Å². The summed E-state index contributed by atoms with van der Waals surface area (Å²) in [5.74, 6) is 1.71. The molecule has 2 heterocycles. The second kappa shape index (κ2) is 9.29. The van der Waals surface area contributed by atoms with Gasteiger partial charge in [0.15, 0.2) is 0 Å². The number of aromatic nitrogens is 4.